The van der Waals surface area contributed by atoms with Gasteiger partial charge < -0.3 is 10.1 Å². The highest BCUT2D eigenvalue weighted by Crippen LogP contribution is 2.09. The lowest BCUT2D eigenvalue weighted by molar-refractivity contribution is 0.0383. The number of hydrogen-bond acceptors (Lipinski definition) is 6. The fourth-order valence-electron chi connectivity index (χ4n) is 3.69. The van der Waals surface area contributed by atoms with Crippen LogP contribution in [0.5, 0.6) is 0 Å². The first-order valence-corrected chi connectivity index (χ1v) is 11.1. The van der Waals surface area contributed by atoms with Gasteiger partial charge >= 0.3 is 5.69 Å². The molecule has 0 bridgehead atoms. The summed E-state index contributed by atoms with van der Waals surface area (Å²) < 4.78 is 21.5. The second-order valence-electron chi connectivity index (χ2n) is 8.08. The third-order valence-corrected chi connectivity index (χ3v) is 5.63. The van der Waals surface area contributed by atoms with E-state index >= 15 is 0 Å². The third-order valence-electron chi connectivity index (χ3n) is 5.63. The summed E-state index contributed by atoms with van der Waals surface area (Å²) in [5.74, 6) is -1.42. The summed E-state index contributed by atoms with van der Waals surface area (Å²) in [6.45, 7) is 5.50. The minimum Gasteiger partial charge on any atom is -0.379 e. The standard InChI is InChI=1S/C24H26FN5O4/c1-17-6-8-18(9-7-17)16-29-23(32)21(22(31)26-10-11-28-12-14-34-15-13-28)27-30(24(29)33)20-5-3-2-4-19(20)25/h2-9H,10-16H2,1H3,(H,26,31). The van der Waals surface area contributed by atoms with Crippen molar-refractivity contribution in [3.63, 3.8) is 0 Å². The van der Waals surface area contributed by atoms with Gasteiger partial charge in [-0.25, -0.2) is 9.18 Å². The van der Waals surface area contributed by atoms with Gasteiger partial charge in [-0.15, -0.1) is 0 Å². The average molecular weight is 468 g/mol. The second kappa shape index (κ2) is 10.5. The molecule has 1 aliphatic rings. The molecule has 0 unspecified atom stereocenters. The van der Waals surface area contributed by atoms with Crippen molar-refractivity contribution in [3.8, 4) is 5.69 Å². The zero-order chi connectivity index (χ0) is 24.1. The molecule has 1 N–H and O–H groups in total. The van der Waals surface area contributed by atoms with Crippen molar-refractivity contribution in [1.82, 2.24) is 24.6 Å². The van der Waals surface area contributed by atoms with Crippen molar-refractivity contribution in [1.29, 1.82) is 0 Å². The highest BCUT2D eigenvalue weighted by molar-refractivity contribution is 5.91. The number of carbonyl (C=O) groups excluding carboxylic acids is 1. The van der Waals surface area contributed by atoms with Crippen LogP contribution in [0.3, 0.4) is 0 Å². The van der Waals surface area contributed by atoms with E-state index in [1.54, 1.807) is 18.2 Å². The van der Waals surface area contributed by atoms with Crippen LogP contribution in [0.1, 0.15) is 21.6 Å². The quantitative estimate of drug-likeness (QED) is 0.556. The molecule has 34 heavy (non-hydrogen) atoms. The van der Waals surface area contributed by atoms with E-state index in [0.717, 1.165) is 27.9 Å². The lowest BCUT2D eigenvalue weighted by Gasteiger charge is -2.26. The van der Waals surface area contributed by atoms with Crippen molar-refractivity contribution in [3.05, 3.63) is 92.0 Å². The number of para-hydroxylation sites is 1. The first kappa shape index (κ1) is 23.5. The minimum absolute atomic E-state index is 0.0804. The Labute approximate surface area is 195 Å². The molecule has 2 aromatic carbocycles. The van der Waals surface area contributed by atoms with E-state index in [1.165, 1.54) is 18.2 Å². The topological polar surface area (TPSA) is 98.5 Å². The fourth-order valence-corrected chi connectivity index (χ4v) is 3.69. The summed E-state index contributed by atoms with van der Waals surface area (Å²) in [5.41, 5.74) is -0.572. The lowest BCUT2D eigenvalue weighted by Crippen LogP contribution is -2.47. The van der Waals surface area contributed by atoms with Crippen LogP contribution >= 0.6 is 0 Å². The largest absolute Gasteiger partial charge is 0.379 e. The second-order valence-corrected chi connectivity index (χ2v) is 8.08. The summed E-state index contributed by atoms with van der Waals surface area (Å²) in [6.07, 6.45) is 0. The van der Waals surface area contributed by atoms with Gasteiger partial charge in [0.2, 0.25) is 5.69 Å². The molecule has 1 aromatic heterocycles. The van der Waals surface area contributed by atoms with Crippen molar-refractivity contribution >= 4 is 5.91 Å². The molecule has 9 nitrogen and oxygen atoms in total. The monoisotopic (exact) mass is 467 g/mol. The average Bonchev–Trinajstić information content (AvgIpc) is 2.84. The molecule has 1 aliphatic heterocycles. The molecule has 10 heteroatoms. The van der Waals surface area contributed by atoms with E-state index < -0.39 is 28.7 Å². The number of aryl methyl sites for hydroxylation is 1. The van der Waals surface area contributed by atoms with Crippen LogP contribution in [0.25, 0.3) is 5.69 Å². The Kier molecular flexibility index (Phi) is 7.29. The molecule has 4 rings (SSSR count). The van der Waals surface area contributed by atoms with Crippen molar-refractivity contribution in [2.75, 3.05) is 39.4 Å². The minimum atomic E-state index is -0.833. The Morgan fingerprint density at radius 2 is 1.79 bits per heavy atom. The maximum atomic E-state index is 14.5. The Morgan fingerprint density at radius 1 is 1.09 bits per heavy atom. The van der Waals surface area contributed by atoms with Crippen LogP contribution < -0.4 is 16.6 Å². The van der Waals surface area contributed by atoms with Crippen LogP contribution in [-0.4, -0.2) is 64.5 Å². The van der Waals surface area contributed by atoms with Gasteiger partial charge in [-0.05, 0) is 24.6 Å². The summed E-state index contributed by atoms with van der Waals surface area (Å²) in [7, 11) is 0. The molecule has 0 aliphatic carbocycles. The van der Waals surface area contributed by atoms with Crippen LogP contribution in [-0.2, 0) is 11.3 Å². The molecular formula is C24H26FN5O4. The number of hydrogen-bond donors (Lipinski definition) is 1. The van der Waals surface area contributed by atoms with E-state index in [2.05, 4.69) is 15.3 Å². The normalized spacial score (nSPS) is 14.2. The number of ether oxygens (including phenoxy) is 1. The molecule has 2 heterocycles. The molecule has 1 amide bonds. The smallest absolute Gasteiger partial charge is 0.352 e. The number of carbonyl (C=O) groups is 1. The lowest BCUT2D eigenvalue weighted by atomic mass is 10.1. The van der Waals surface area contributed by atoms with Gasteiger partial charge in [0.05, 0.1) is 19.8 Å². The first-order chi connectivity index (χ1) is 16.4. The van der Waals surface area contributed by atoms with Gasteiger partial charge in [-0.3, -0.25) is 19.1 Å². The van der Waals surface area contributed by atoms with Crippen molar-refractivity contribution in [2.45, 2.75) is 13.5 Å². The molecule has 0 saturated carbocycles. The molecule has 0 spiro atoms. The van der Waals surface area contributed by atoms with E-state index in [0.29, 0.717) is 25.3 Å². The van der Waals surface area contributed by atoms with Gasteiger partial charge in [0, 0.05) is 26.2 Å². The van der Waals surface area contributed by atoms with Crippen LogP contribution in [0, 0.1) is 12.7 Å². The maximum absolute atomic E-state index is 14.5. The van der Waals surface area contributed by atoms with E-state index in [-0.39, 0.29) is 18.8 Å². The number of halogens is 1. The number of aromatic nitrogens is 3. The molecule has 3 aromatic rings. The summed E-state index contributed by atoms with van der Waals surface area (Å²) in [5, 5.41) is 6.66. The number of morpholine rings is 1. The van der Waals surface area contributed by atoms with Crippen LogP contribution in [0.2, 0.25) is 0 Å². The van der Waals surface area contributed by atoms with Crippen molar-refractivity contribution < 1.29 is 13.9 Å². The van der Waals surface area contributed by atoms with E-state index in [1.807, 2.05) is 19.1 Å². The number of nitrogens with zero attached hydrogens (tertiary/aromatic N) is 4. The molecule has 0 atom stereocenters. The van der Waals surface area contributed by atoms with Gasteiger partial charge in [0.25, 0.3) is 11.5 Å². The van der Waals surface area contributed by atoms with Gasteiger partial charge in [0.15, 0.2) is 0 Å². The Balaban J connectivity index is 1.68. The Morgan fingerprint density at radius 3 is 2.50 bits per heavy atom. The van der Waals surface area contributed by atoms with Gasteiger partial charge in [-0.2, -0.15) is 9.78 Å². The molecule has 1 fully saturated rings. The van der Waals surface area contributed by atoms with E-state index in [4.69, 9.17) is 4.74 Å². The number of amides is 1. The van der Waals surface area contributed by atoms with Gasteiger partial charge in [-0.1, -0.05) is 42.0 Å². The SMILES string of the molecule is Cc1ccc(Cn2c(=O)c(C(=O)NCCN3CCOCC3)nn(-c3ccccc3F)c2=O)cc1. The predicted octanol–water partition coefficient (Wildman–Crippen LogP) is 0.952. The zero-order valence-corrected chi connectivity index (χ0v) is 18.9. The molecule has 0 radical (unpaired) electrons. The number of nitrogens with one attached hydrogen (secondary N) is 1. The van der Waals surface area contributed by atoms with Gasteiger partial charge in [0.1, 0.15) is 11.5 Å². The summed E-state index contributed by atoms with van der Waals surface area (Å²) in [4.78, 5) is 41.3. The summed E-state index contributed by atoms with van der Waals surface area (Å²) in [6, 6.07) is 12.9. The Bertz CT molecular complexity index is 1280. The molecular weight excluding hydrogens is 441 g/mol. The first-order valence-electron chi connectivity index (χ1n) is 11.1. The predicted molar refractivity (Wildman–Crippen MR) is 124 cm³/mol. The van der Waals surface area contributed by atoms with E-state index in [9.17, 15) is 18.8 Å². The molecule has 178 valence electrons. The van der Waals surface area contributed by atoms with Crippen LogP contribution in [0.4, 0.5) is 4.39 Å². The highest BCUT2D eigenvalue weighted by Gasteiger charge is 2.22. The Hall–Kier alpha value is -3.63. The zero-order valence-electron chi connectivity index (χ0n) is 18.9. The highest BCUT2D eigenvalue weighted by atomic mass is 19.1. The number of rotatable bonds is 7. The third kappa shape index (κ3) is 5.29. The summed E-state index contributed by atoms with van der Waals surface area (Å²) >= 11 is 0. The number of benzene rings is 2. The molecule has 1 saturated heterocycles. The maximum Gasteiger partial charge on any atom is 0.352 e. The fraction of sp³-hybridized carbons (Fsp3) is 0.333. The van der Waals surface area contributed by atoms with Crippen molar-refractivity contribution in [2.24, 2.45) is 0 Å². The van der Waals surface area contributed by atoms with Crippen LogP contribution in [0.15, 0.2) is 58.1 Å².